The Balaban J connectivity index is 2.57. The number of hydrogen-bond acceptors (Lipinski definition) is 2. The molecule has 1 aromatic heterocycles. The summed E-state index contributed by atoms with van der Waals surface area (Å²) < 4.78 is 0. The van der Waals surface area contributed by atoms with Gasteiger partial charge >= 0.3 is 0 Å². The van der Waals surface area contributed by atoms with Gasteiger partial charge in [-0.25, -0.2) is 0 Å². The molecule has 0 spiro atoms. The topological polar surface area (TPSA) is 29.1 Å². The van der Waals surface area contributed by atoms with Crippen molar-refractivity contribution in [3.63, 3.8) is 0 Å². The molecule has 0 aliphatic carbocycles. The molecular weight excluding hydrogens is 274 g/mol. The van der Waals surface area contributed by atoms with E-state index in [0.717, 1.165) is 0 Å². The van der Waals surface area contributed by atoms with Gasteiger partial charge in [0, 0.05) is 38.7 Å². The molecule has 80 valence electrons. The van der Waals surface area contributed by atoms with Crippen LogP contribution in [0.5, 0.6) is 0 Å². The molecule has 0 saturated carbocycles. The Morgan fingerprint density at radius 1 is 1.67 bits per heavy atom. The summed E-state index contributed by atoms with van der Waals surface area (Å²) in [4.78, 5) is 14.8. The molecule has 0 aromatic carbocycles. The predicted octanol–water partition coefficient (Wildman–Crippen LogP) is 2.50. The summed E-state index contributed by atoms with van der Waals surface area (Å²) in [6.07, 6.45) is 0. The third-order valence-electron chi connectivity index (χ3n) is 2.04. The Hall–Kier alpha value is -0.790. The standard InChI is InChI=1S/C11H12BrNOS/c1-11(2,9-4-3-7-15-9)8-13-10(14)5-6-12/h3-4,7H,8H2,1-2H3,(H,13,14). The number of amides is 1. The highest BCUT2D eigenvalue weighted by Crippen LogP contribution is 2.26. The molecule has 4 heteroatoms. The van der Waals surface area contributed by atoms with E-state index in [1.165, 1.54) is 4.88 Å². The Morgan fingerprint density at radius 3 is 2.93 bits per heavy atom. The Morgan fingerprint density at radius 2 is 2.40 bits per heavy atom. The second kappa shape index (κ2) is 5.34. The summed E-state index contributed by atoms with van der Waals surface area (Å²) >= 11 is 4.59. The van der Waals surface area contributed by atoms with E-state index in [9.17, 15) is 4.79 Å². The minimum atomic E-state index is -0.253. The Bertz CT molecular complexity index is 386. The van der Waals surface area contributed by atoms with E-state index in [-0.39, 0.29) is 11.3 Å². The number of rotatable bonds is 3. The lowest BCUT2D eigenvalue weighted by Gasteiger charge is -2.22. The first-order valence-electron chi connectivity index (χ1n) is 4.50. The maximum Gasteiger partial charge on any atom is 0.296 e. The van der Waals surface area contributed by atoms with E-state index >= 15 is 0 Å². The van der Waals surface area contributed by atoms with Crippen LogP contribution >= 0.6 is 27.3 Å². The van der Waals surface area contributed by atoms with Gasteiger partial charge in [0.15, 0.2) is 0 Å². The van der Waals surface area contributed by atoms with Gasteiger partial charge in [0.1, 0.15) is 0 Å². The van der Waals surface area contributed by atoms with Crippen LogP contribution in [0.2, 0.25) is 0 Å². The van der Waals surface area contributed by atoms with Crippen molar-refractivity contribution in [3.8, 4) is 10.8 Å². The van der Waals surface area contributed by atoms with Gasteiger partial charge in [-0.05, 0) is 16.3 Å². The molecule has 1 heterocycles. The van der Waals surface area contributed by atoms with E-state index in [4.69, 9.17) is 0 Å². The highest BCUT2D eigenvalue weighted by atomic mass is 79.9. The minimum absolute atomic E-state index is 0.0438. The minimum Gasteiger partial charge on any atom is -0.344 e. The van der Waals surface area contributed by atoms with E-state index in [2.05, 4.69) is 51.9 Å². The monoisotopic (exact) mass is 285 g/mol. The van der Waals surface area contributed by atoms with Crippen molar-refractivity contribution < 1.29 is 4.79 Å². The van der Waals surface area contributed by atoms with Gasteiger partial charge in [-0.1, -0.05) is 19.9 Å². The number of carbonyl (C=O) groups is 1. The average Bonchev–Trinajstić information content (AvgIpc) is 2.69. The first-order chi connectivity index (χ1) is 7.06. The molecule has 0 aliphatic heterocycles. The molecule has 1 N–H and O–H groups in total. The normalized spacial score (nSPS) is 10.3. The number of thiophene rings is 1. The summed E-state index contributed by atoms with van der Waals surface area (Å²) in [5, 5.41) is 4.82. The zero-order chi connectivity index (χ0) is 11.3. The lowest BCUT2D eigenvalue weighted by atomic mass is 9.91. The molecule has 0 bridgehead atoms. The van der Waals surface area contributed by atoms with Crippen molar-refractivity contribution in [2.45, 2.75) is 19.3 Å². The largest absolute Gasteiger partial charge is 0.344 e. The maximum absolute atomic E-state index is 11.1. The molecule has 0 saturated heterocycles. The van der Waals surface area contributed by atoms with Crippen molar-refractivity contribution in [1.29, 1.82) is 0 Å². The lowest BCUT2D eigenvalue weighted by molar-refractivity contribution is -0.115. The molecule has 0 radical (unpaired) electrons. The van der Waals surface area contributed by atoms with Crippen LogP contribution in [0.1, 0.15) is 18.7 Å². The quantitative estimate of drug-likeness (QED) is 0.850. The van der Waals surface area contributed by atoms with E-state index in [1.54, 1.807) is 11.3 Å². The summed E-state index contributed by atoms with van der Waals surface area (Å²) in [6.45, 7) is 4.79. The molecular formula is C11H12BrNOS. The lowest BCUT2D eigenvalue weighted by Crippen LogP contribution is -2.35. The molecule has 2 nitrogen and oxygen atoms in total. The van der Waals surface area contributed by atoms with Crippen molar-refractivity contribution in [3.05, 3.63) is 22.4 Å². The number of nitrogens with one attached hydrogen (secondary N) is 1. The van der Waals surface area contributed by atoms with Crippen LogP contribution in [0, 0.1) is 10.8 Å². The third kappa shape index (κ3) is 3.69. The molecule has 15 heavy (non-hydrogen) atoms. The van der Waals surface area contributed by atoms with Gasteiger partial charge in [0.25, 0.3) is 5.91 Å². The van der Waals surface area contributed by atoms with Crippen LogP contribution in [0.3, 0.4) is 0 Å². The molecule has 1 amide bonds. The van der Waals surface area contributed by atoms with Gasteiger partial charge in [-0.2, -0.15) is 0 Å². The highest BCUT2D eigenvalue weighted by molar-refractivity contribution is 9.12. The maximum atomic E-state index is 11.1. The van der Waals surface area contributed by atoms with Gasteiger partial charge in [0.05, 0.1) is 0 Å². The fraction of sp³-hybridized carbons (Fsp3) is 0.364. The number of halogens is 1. The SMILES string of the molecule is CC(C)(CNC(=O)C#CBr)c1cccs1. The van der Waals surface area contributed by atoms with Crippen molar-refractivity contribution in [2.75, 3.05) is 6.54 Å². The van der Waals surface area contributed by atoms with E-state index in [1.807, 2.05) is 11.4 Å². The van der Waals surface area contributed by atoms with Crippen molar-refractivity contribution >= 4 is 33.2 Å². The van der Waals surface area contributed by atoms with Crippen LogP contribution in [0.25, 0.3) is 0 Å². The van der Waals surface area contributed by atoms with Crippen LogP contribution < -0.4 is 5.32 Å². The second-order valence-corrected chi connectivity index (χ2v) is 5.11. The summed E-state index contributed by atoms with van der Waals surface area (Å²) in [6, 6.07) is 4.09. The molecule has 1 rings (SSSR count). The molecule has 0 aliphatic rings. The fourth-order valence-electron chi connectivity index (χ4n) is 1.14. The molecule has 1 aromatic rings. The first-order valence-corrected chi connectivity index (χ1v) is 6.17. The van der Waals surface area contributed by atoms with E-state index in [0.29, 0.717) is 6.54 Å². The Labute approximate surface area is 102 Å². The second-order valence-electron chi connectivity index (χ2n) is 3.76. The third-order valence-corrected chi connectivity index (χ3v) is 3.47. The Kier molecular flexibility index (Phi) is 4.37. The van der Waals surface area contributed by atoms with Gasteiger partial charge in [-0.15, -0.1) is 11.3 Å². The predicted molar refractivity (Wildman–Crippen MR) is 67.1 cm³/mol. The summed E-state index contributed by atoms with van der Waals surface area (Å²) in [7, 11) is 0. The summed E-state index contributed by atoms with van der Waals surface area (Å²) in [5.74, 6) is 2.13. The van der Waals surface area contributed by atoms with Gasteiger partial charge in [0.2, 0.25) is 0 Å². The van der Waals surface area contributed by atoms with Crippen LogP contribution in [-0.4, -0.2) is 12.5 Å². The van der Waals surface area contributed by atoms with Gasteiger partial charge in [-0.3, -0.25) is 4.79 Å². The highest BCUT2D eigenvalue weighted by Gasteiger charge is 2.21. The summed E-state index contributed by atoms with van der Waals surface area (Å²) in [5.41, 5.74) is -0.0438. The van der Waals surface area contributed by atoms with Crippen molar-refractivity contribution in [2.24, 2.45) is 0 Å². The molecule has 0 atom stereocenters. The fourth-order valence-corrected chi connectivity index (χ4v) is 2.17. The average molecular weight is 286 g/mol. The molecule has 0 unspecified atom stereocenters. The zero-order valence-electron chi connectivity index (χ0n) is 8.63. The molecule has 0 fully saturated rings. The van der Waals surface area contributed by atoms with Crippen LogP contribution in [0.15, 0.2) is 17.5 Å². The van der Waals surface area contributed by atoms with Crippen molar-refractivity contribution in [1.82, 2.24) is 5.32 Å². The first kappa shape index (κ1) is 12.3. The van der Waals surface area contributed by atoms with E-state index < -0.39 is 0 Å². The van der Waals surface area contributed by atoms with Crippen LogP contribution in [0.4, 0.5) is 0 Å². The smallest absolute Gasteiger partial charge is 0.296 e. The number of carbonyl (C=O) groups excluding carboxylic acids is 1. The zero-order valence-corrected chi connectivity index (χ0v) is 11.0. The van der Waals surface area contributed by atoms with Gasteiger partial charge < -0.3 is 5.32 Å². The van der Waals surface area contributed by atoms with Crippen LogP contribution in [-0.2, 0) is 10.2 Å². The number of hydrogen-bond donors (Lipinski definition) is 1.